The Kier molecular flexibility index (Phi) is 6.57. The Labute approximate surface area is 156 Å². The minimum Gasteiger partial charge on any atom is -0.342 e. The zero-order valence-corrected chi connectivity index (χ0v) is 15.7. The predicted octanol–water partition coefficient (Wildman–Crippen LogP) is 2.36. The minimum atomic E-state index is 0. The van der Waals surface area contributed by atoms with E-state index in [2.05, 4.69) is 15.3 Å². The average Bonchev–Trinajstić information content (AvgIpc) is 2.99. The molecule has 136 valence electrons. The molecule has 1 atom stereocenters. The molecular formula is C17H28Cl2N4O. The molecule has 1 aromatic rings. The van der Waals surface area contributed by atoms with Gasteiger partial charge >= 0.3 is 0 Å². The van der Waals surface area contributed by atoms with Gasteiger partial charge in [-0.15, -0.1) is 24.8 Å². The van der Waals surface area contributed by atoms with Crippen LogP contribution in [-0.4, -0.2) is 46.8 Å². The Balaban J connectivity index is 0.00000104. The third-order valence-corrected chi connectivity index (χ3v) is 6.02. The molecule has 0 bridgehead atoms. The molecule has 3 fully saturated rings. The van der Waals surface area contributed by atoms with Crippen LogP contribution in [0.1, 0.15) is 32.1 Å². The molecule has 3 aliphatic rings. The molecule has 4 rings (SSSR count). The summed E-state index contributed by atoms with van der Waals surface area (Å²) in [6, 6.07) is 1.98. The van der Waals surface area contributed by atoms with Crippen LogP contribution >= 0.6 is 24.8 Å². The summed E-state index contributed by atoms with van der Waals surface area (Å²) in [7, 11) is 0. The number of hydrogen-bond donors (Lipinski definition) is 1. The third kappa shape index (κ3) is 3.89. The number of likely N-dealkylation sites (tertiary alicyclic amines) is 1. The van der Waals surface area contributed by atoms with Crippen LogP contribution < -0.4 is 5.32 Å². The van der Waals surface area contributed by atoms with Crippen molar-refractivity contribution in [3.05, 3.63) is 18.5 Å². The molecule has 24 heavy (non-hydrogen) atoms. The standard InChI is InChI=1S/C17H26N4O.2ClH/c22-16(15-12-17(15)4-7-18-8-5-17)20-10-2-14(3-11-20)13-21-9-1-6-19-21;;/h1,6,9,14-15,18H,2-5,7-8,10-13H2;2*1H. The van der Waals surface area contributed by atoms with E-state index in [4.69, 9.17) is 0 Å². The summed E-state index contributed by atoms with van der Waals surface area (Å²) in [5, 5.41) is 7.70. The zero-order chi connectivity index (χ0) is 15.0. The summed E-state index contributed by atoms with van der Waals surface area (Å²) in [5.74, 6) is 1.44. The Bertz CT molecular complexity index is 523. The number of nitrogens with one attached hydrogen (secondary N) is 1. The molecule has 0 aromatic carbocycles. The highest BCUT2D eigenvalue weighted by atomic mass is 35.5. The molecule has 1 spiro atoms. The number of aromatic nitrogens is 2. The first-order valence-corrected chi connectivity index (χ1v) is 8.74. The fraction of sp³-hybridized carbons (Fsp3) is 0.765. The van der Waals surface area contributed by atoms with Crippen molar-refractivity contribution in [2.75, 3.05) is 26.2 Å². The average molecular weight is 375 g/mol. The molecule has 1 N–H and O–H groups in total. The molecule has 5 nitrogen and oxygen atoms in total. The van der Waals surface area contributed by atoms with Crippen molar-refractivity contribution < 1.29 is 4.79 Å². The zero-order valence-electron chi connectivity index (χ0n) is 14.0. The van der Waals surface area contributed by atoms with Crippen LogP contribution in [0.25, 0.3) is 0 Å². The van der Waals surface area contributed by atoms with E-state index in [1.807, 2.05) is 23.1 Å². The molecule has 2 aliphatic heterocycles. The summed E-state index contributed by atoms with van der Waals surface area (Å²) in [4.78, 5) is 14.9. The van der Waals surface area contributed by atoms with E-state index in [0.717, 1.165) is 52.0 Å². The molecule has 3 heterocycles. The first kappa shape index (κ1) is 19.5. The predicted molar refractivity (Wildman–Crippen MR) is 98.7 cm³/mol. The van der Waals surface area contributed by atoms with Crippen molar-refractivity contribution in [3.63, 3.8) is 0 Å². The van der Waals surface area contributed by atoms with Gasteiger partial charge in [-0.05, 0) is 62.6 Å². The van der Waals surface area contributed by atoms with Crippen molar-refractivity contribution >= 4 is 30.7 Å². The first-order valence-electron chi connectivity index (χ1n) is 8.74. The van der Waals surface area contributed by atoms with Gasteiger partial charge < -0.3 is 10.2 Å². The molecule has 1 aromatic heterocycles. The van der Waals surface area contributed by atoms with Crippen LogP contribution in [0.2, 0.25) is 0 Å². The number of carbonyl (C=O) groups is 1. The lowest BCUT2D eigenvalue weighted by atomic mass is 9.91. The van der Waals surface area contributed by atoms with Gasteiger partial charge in [-0.1, -0.05) is 0 Å². The largest absolute Gasteiger partial charge is 0.342 e. The van der Waals surface area contributed by atoms with Gasteiger partial charge in [-0.25, -0.2) is 0 Å². The molecular weight excluding hydrogens is 347 g/mol. The number of nitrogens with zero attached hydrogens (tertiary/aromatic N) is 3. The Morgan fingerprint density at radius 3 is 2.54 bits per heavy atom. The maximum absolute atomic E-state index is 12.7. The molecule has 2 saturated heterocycles. The molecule has 1 aliphatic carbocycles. The van der Waals surface area contributed by atoms with Gasteiger partial charge in [-0.3, -0.25) is 9.48 Å². The second-order valence-corrected chi connectivity index (χ2v) is 7.37. The van der Waals surface area contributed by atoms with Crippen molar-refractivity contribution in [1.29, 1.82) is 0 Å². The molecule has 0 radical (unpaired) electrons. The van der Waals surface area contributed by atoms with Crippen molar-refractivity contribution in [3.8, 4) is 0 Å². The van der Waals surface area contributed by atoms with Gasteiger partial charge in [0.05, 0.1) is 0 Å². The fourth-order valence-electron chi connectivity index (χ4n) is 4.40. The van der Waals surface area contributed by atoms with E-state index in [1.165, 1.54) is 12.8 Å². The Morgan fingerprint density at radius 1 is 1.21 bits per heavy atom. The Hall–Kier alpha value is -0.780. The smallest absolute Gasteiger partial charge is 0.226 e. The van der Waals surface area contributed by atoms with Gasteiger partial charge in [0.15, 0.2) is 0 Å². The fourth-order valence-corrected chi connectivity index (χ4v) is 4.40. The van der Waals surface area contributed by atoms with E-state index in [0.29, 0.717) is 23.2 Å². The Morgan fingerprint density at radius 2 is 1.92 bits per heavy atom. The van der Waals surface area contributed by atoms with Gasteiger partial charge in [0.25, 0.3) is 0 Å². The summed E-state index contributed by atoms with van der Waals surface area (Å²) >= 11 is 0. The van der Waals surface area contributed by atoms with Crippen molar-refractivity contribution in [2.45, 2.75) is 38.6 Å². The number of amides is 1. The van der Waals surface area contributed by atoms with Gasteiger partial charge in [0.2, 0.25) is 5.91 Å². The maximum Gasteiger partial charge on any atom is 0.226 e. The summed E-state index contributed by atoms with van der Waals surface area (Å²) in [5.41, 5.74) is 0.369. The van der Waals surface area contributed by atoms with E-state index < -0.39 is 0 Å². The second kappa shape index (κ2) is 8.07. The topological polar surface area (TPSA) is 50.2 Å². The summed E-state index contributed by atoms with van der Waals surface area (Å²) < 4.78 is 2.02. The summed E-state index contributed by atoms with van der Waals surface area (Å²) in [6.45, 7) is 5.06. The van der Waals surface area contributed by atoms with Gasteiger partial charge in [0.1, 0.15) is 0 Å². The monoisotopic (exact) mass is 374 g/mol. The highest BCUT2D eigenvalue weighted by Gasteiger charge is 2.58. The lowest BCUT2D eigenvalue weighted by molar-refractivity contribution is -0.135. The number of carbonyl (C=O) groups excluding carboxylic acids is 1. The SMILES string of the molecule is Cl.Cl.O=C(C1CC12CCNCC2)N1CCC(Cn2cccn2)CC1. The van der Waals surface area contributed by atoms with Crippen molar-refractivity contribution in [1.82, 2.24) is 20.0 Å². The molecule has 1 unspecified atom stereocenters. The molecule has 1 amide bonds. The molecule has 1 saturated carbocycles. The van der Waals surface area contributed by atoms with E-state index in [9.17, 15) is 4.79 Å². The lowest BCUT2D eigenvalue weighted by Gasteiger charge is -2.33. The van der Waals surface area contributed by atoms with Gasteiger partial charge in [0, 0.05) is 37.9 Å². The van der Waals surface area contributed by atoms with Crippen LogP contribution in [0, 0.1) is 17.3 Å². The van der Waals surface area contributed by atoms with Crippen LogP contribution in [-0.2, 0) is 11.3 Å². The van der Waals surface area contributed by atoms with Gasteiger partial charge in [-0.2, -0.15) is 5.10 Å². The van der Waals surface area contributed by atoms with Crippen LogP contribution in [0.4, 0.5) is 0 Å². The number of halogens is 2. The quantitative estimate of drug-likeness (QED) is 0.883. The van der Waals surface area contributed by atoms with Crippen LogP contribution in [0.3, 0.4) is 0 Å². The first-order chi connectivity index (χ1) is 10.8. The van der Waals surface area contributed by atoms with Crippen molar-refractivity contribution in [2.24, 2.45) is 17.3 Å². The van der Waals surface area contributed by atoms with Crippen LogP contribution in [0.5, 0.6) is 0 Å². The third-order valence-electron chi connectivity index (χ3n) is 6.02. The number of piperidine rings is 2. The van der Waals surface area contributed by atoms with E-state index in [-0.39, 0.29) is 24.8 Å². The lowest BCUT2D eigenvalue weighted by Crippen LogP contribution is -2.41. The molecule has 7 heteroatoms. The van der Waals surface area contributed by atoms with Crippen LogP contribution in [0.15, 0.2) is 18.5 Å². The normalized spacial score (nSPS) is 25.7. The highest BCUT2D eigenvalue weighted by Crippen LogP contribution is 2.59. The second-order valence-electron chi connectivity index (χ2n) is 7.37. The number of rotatable bonds is 3. The van der Waals surface area contributed by atoms with E-state index >= 15 is 0 Å². The minimum absolute atomic E-state index is 0. The van der Waals surface area contributed by atoms with E-state index in [1.54, 1.807) is 0 Å². The summed E-state index contributed by atoms with van der Waals surface area (Å²) in [6.07, 6.45) is 9.63. The number of hydrogen-bond acceptors (Lipinski definition) is 3. The maximum atomic E-state index is 12.7. The highest BCUT2D eigenvalue weighted by molar-refractivity contribution is 5.85.